The molecular formula is C16H19N3O2. The molecule has 1 aromatic heterocycles. The first-order chi connectivity index (χ1) is 10.2. The Morgan fingerprint density at radius 1 is 1.29 bits per heavy atom. The van der Waals surface area contributed by atoms with Crippen LogP contribution >= 0.6 is 0 Å². The third-order valence-corrected chi connectivity index (χ3v) is 4.46. The molecule has 3 heterocycles. The summed E-state index contributed by atoms with van der Waals surface area (Å²) >= 11 is 0. The average molecular weight is 285 g/mol. The van der Waals surface area contributed by atoms with Crippen molar-refractivity contribution in [3.8, 4) is 11.5 Å². The van der Waals surface area contributed by atoms with Gasteiger partial charge < -0.3 is 14.6 Å². The van der Waals surface area contributed by atoms with Gasteiger partial charge in [0.2, 0.25) is 5.82 Å². The summed E-state index contributed by atoms with van der Waals surface area (Å²) in [6, 6.07) is 6.39. The molecule has 1 aromatic carbocycles. The zero-order chi connectivity index (χ0) is 14.3. The molecule has 2 aliphatic heterocycles. The van der Waals surface area contributed by atoms with E-state index < -0.39 is 5.60 Å². The summed E-state index contributed by atoms with van der Waals surface area (Å²) in [6.07, 6.45) is 3.07. The molecule has 110 valence electrons. The van der Waals surface area contributed by atoms with Crippen LogP contribution in [0.5, 0.6) is 0 Å². The van der Waals surface area contributed by atoms with E-state index in [9.17, 15) is 0 Å². The lowest BCUT2D eigenvalue weighted by Crippen LogP contribution is -2.23. The standard InChI is InChI=1S/C16H19N3O2/c1-16(6-2-8-20-16)15-18-14(21-19-15)12-4-3-11-5-7-17-10-13(11)9-12/h3-4,9,17H,2,5-8,10H2,1H3. The number of nitrogens with one attached hydrogen (secondary N) is 1. The van der Waals surface area contributed by atoms with Crippen LogP contribution in [0.25, 0.3) is 11.5 Å². The van der Waals surface area contributed by atoms with Gasteiger partial charge in [-0.1, -0.05) is 11.2 Å². The highest BCUT2D eigenvalue weighted by molar-refractivity contribution is 5.56. The molecule has 21 heavy (non-hydrogen) atoms. The van der Waals surface area contributed by atoms with Crippen molar-refractivity contribution in [2.75, 3.05) is 13.2 Å². The Kier molecular flexibility index (Phi) is 3.05. The largest absolute Gasteiger partial charge is 0.367 e. The molecule has 1 fully saturated rings. The zero-order valence-electron chi connectivity index (χ0n) is 12.2. The lowest BCUT2D eigenvalue weighted by Gasteiger charge is -2.18. The van der Waals surface area contributed by atoms with Crippen LogP contribution in [0.1, 0.15) is 36.7 Å². The maximum Gasteiger partial charge on any atom is 0.258 e. The molecule has 5 nitrogen and oxygen atoms in total. The molecule has 1 N–H and O–H groups in total. The zero-order valence-corrected chi connectivity index (χ0v) is 12.2. The minimum atomic E-state index is -0.391. The van der Waals surface area contributed by atoms with Crippen molar-refractivity contribution in [2.45, 2.75) is 38.3 Å². The van der Waals surface area contributed by atoms with Crippen molar-refractivity contribution in [3.05, 3.63) is 35.2 Å². The molecule has 0 spiro atoms. The van der Waals surface area contributed by atoms with E-state index in [0.29, 0.717) is 11.7 Å². The minimum Gasteiger partial charge on any atom is -0.367 e. The molecule has 0 radical (unpaired) electrons. The first-order valence-electron chi connectivity index (χ1n) is 7.56. The molecule has 4 rings (SSSR count). The summed E-state index contributed by atoms with van der Waals surface area (Å²) in [6.45, 7) is 4.76. The monoisotopic (exact) mass is 285 g/mol. The molecule has 1 unspecified atom stereocenters. The molecule has 5 heteroatoms. The van der Waals surface area contributed by atoms with Gasteiger partial charge in [-0.3, -0.25) is 0 Å². The van der Waals surface area contributed by atoms with Gasteiger partial charge in [0.1, 0.15) is 5.60 Å². The van der Waals surface area contributed by atoms with Crippen molar-refractivity contribution in [2.24, 2.45) is 0 Å². The summed E-state index contributed by atoms with van der Waals surface area (Å²) in [4.78, 5) is 4.56. The smallest absolute Gasteiger partial charge is 0.258 e. The molecule has 2 aliphatic rings. The van der Waals surface area contributed by atoms with Crippen LogP contribution in [0.2, 0.25) is 0 Å². The van der Waals surface area contributed by atoms with E-state index in [1.165, 1.54) is 11.1 Å². The molecule has 0 aliphatic carbocycles. The Labute approximate surface area is 123 Å². The van der Waals surface area contributed by atoms with E-state index in [0.717, 1.165) is 44.5 Å². The van der Waals surface area contributed by atoms with Crippen LogP contribution in [-0.4, -0.2) is 23.3 Å². The topological polar surface area (TPSA) is 60.2 Å². The summed E-state index contributed by atoms with van der Waals surface area (Å²) in [5.74, 6) is 1.24. The van der Waals surface area contributed by atoms with E-state index in [1.807, 2.05) is 6.92 Å². The maximum absolute atomic E-state index is 5.77. The van der Waals surface area contributed by atoms with Gasteiger partial charge in [-0.25, -0.2) is 0 Å². The van der Waals surface area contributed by atoms with Gasteiger partial charge in [-0.2, -0.15) is 4.98 Å². The lowest BCUT2D eigenvalue weighted by molar-refractivity contribution is 0.00768. The fourth-order valence-corrected chi connectivity index (χ4v) is 3.12. The van der Waals surface area contributed by atoms with Crippen molar-refractivity contribution >= 4 is 0 Å². The van der Waals surface area contributed by atoms with Crippen LogP contribution in [0.4, 0.5) is 0 Å². The predicted octanol–water partition coefficient (Wildman–Crippen LogP) is 2.41. The summed E-state index contributed by atoms with van der Waals surface area (Å²) in [5, 5.41) is 7.52. The van der Waals surface area contributed by atoms with Crippen molar-refractivity contribution < 1.29 is 9.26 Å². The number of hydrogen-bond donors (Lipinski definition) is 1. The van der Waals surface area contributed by atoms with Crippen molar-refractivity contribution in [3.63, 3.8) is 0 Å². The Morgan fingerprint density at radius 2 is 2.24 bits per heavy atom. The molecule has 0 amide bonds. The van der Waals surface area contributed by atoms with E-state index in [2.05, 4.69) is 33.7 Å². The summed E-state index contributed by atoms with van der Waals surface area (Å²) < 4.78 is 11.2. The van der Waals surface area contributed by atoms with Gasteiger partial charge in [0.05, 0.1) is 0 Å². The average Bonchev–Trinajstić information content (AvgIpc) is 3.17. The quantitative estimate of drug-likeness (QED) is 0.918. The number of nitrogens with zero attached hydrogens (tertiary/aromatic N) is 2. The summed E-state index contributed by atoms with van der Waals surface area (Å²) in [5.41, 5.74) is 3.32. The molecule has 0 saturated carbocycles. The van der Waals surface area contributed by atoms with Gasteiger partial charge in [-0.05, 0) is 56.0 Å². The second kappa shape index (κ2) is 4.93. The van der Waals surface area contributed by atoms with Crippen molar-refractivity contribution in [1.82, 2.24) is 15.5 Å². The van der Waals surface area contributed by atoms with E-state index in [4.69, 9.17) is 9.26 Å². The predicted molar refractivity (Wildman–Crippen MR) is 77.7 cm³/mol. The Balaban J connectivity index is 1.66. The van der Waals surface area contributed by atoms with Crippen molar-refractivity contribution in [1.29, 1.82) is 0 Å². The lowest BCUT2D eigenvalue weighted by atomic mass is 9.98. The maximum atomic E-state index is 5.77. The number of benzene rings is 1. The SMILES string of the molecule is CC1(c2noc(-c3ccc4c(c3)CNCC4)n2)CCCO1. The summed E-state index contributed by atoms with van der Waals surface area (Å²) in [7, 11) is 0. The molecular weight excluding hydrogens is 266 g/mol. The molecule has 1 saturated heterocycles. The normalized spacial score (nSPS) is 25.0. The first-order valence-corrected chi connectivity index (χ1v) is 7.56. The molecule has 1 atom stereocenters. The van der Waals surface area contributed by atoms with Gasteiger partial charge in [0.25, 0.3) is 5.89 Å². The van der Waals surface area contributed by atoms with E-state index >= 15 is 0 Å². The number of aromatic nitrogens is 2. The van der Waals surface area contributed by atoms with Gasteiger partial charge in [0, 0.05) is 18.7 Å². The third-order valence-electron chi connectivity index (χ3n) is 4.46. The fourth-order valence-electron chi connectivity index (χ4n) is 3.12. The number of ether oxygens (including phenoxy) is 1. The van der Waals surface area contributed by atoms with Crippen LogP contribution < -0.4 is 5.32 Å². The van der Waals surface area contributed by atoms with Crippen LogP contribution in [0, 0.1) is 0 Å². The van der Waals surface area contributed by atoms with Crippen LogP contribution in [-0.2, 0) is 23.3 Å². The highest BCUT2D eigenvalue weighted by atomic mass is 16.5. The highest BCUT2D eigenvalue weighted by Gasteiger charge is 2.36. The Hall–Kier alpha value is -1.72. The second-order valence-corrected chi connectivity index (χ2v) is 6.02. The Morgan fingerprint density at radius 3 is 3.10 bits per heavy atom. The molecule has 0 bridgehead atoms. The number of fused-ring (bicyclic) bond motifs is 1. The van der Waals surface area contributed by atoms with Crippen LogP contribution in [0.3, 0.4) is 0 Å². The van der Waals surface area contributed by atoms with E-state index in [1.54, 1.807) is 0 Å². The second-order valence-electron chi connectivity index (χ2n) is 6.02. The molecule has 2 aromatic rings. The van der Waals surface area contributed by atoms with E-state index in [-0.39, 0.29) is 0 Å². The Bertz CT molecular complexity index is 659. The minimum absolute atomic E-state index is 0.391. The number of rotatable bonds is 2. The first kappa shape index (κ1) is 13.0. The van der Waals surface area contributed by atoms with Crippen LogP contribution in [0.15, 0.2) is 22.7 Å². The fraction of sp³-hybridized carbons (Fsp3) is 0.500. The number of hydrogen-bond acceptors (Lipinski definition) is 5. The van der Waals surface area contributed by atoms with Gasteiger partial charge in [0.15, 0.2) is 0 Å². The van der Waals surface area contributed by atoms with Gasteiger partial charge >= 0.3 is 0 Å². The highest BCUT2D eigenvalue weighted by Crippen LogP contribution is 2.34. The van der Waals surface area contributed by atoms with Gasteiger partial charge in [-0.15, -0.1) is 0 Å². The third kappa shape index (κ3) is 2.26.